The summed E-state index contributed by atoms with van der Waals surface area (Å²) in [7, 11) is 2.12. The first-order chi connectivity index (χ1) is 8.02. The van der Waals surface area contributed by atoms with Gasteiger partial charge in [0, 0.05) is 12.6 Å². The Bertz CT molecular complexity index is 243. The van der Waals surface area contributed by atoms with E-state index in [-0.39, 0.29) is 11.9 Å². The van der Waals surface area contributed by atoms with Crippen LogP contribution in [0, 0.1) is 5.92 Å². The molecule has 2 N–H and O–H groups in total. The van der Waals surface area contributed by atoms with Gasteiger partial charge in [0.1, 0.15) is 0 Å². The molecule has 2 atom stereocenters. The van der Waals surface area contributed by atoms with Crippen LogP contribution >= 0.6 is 0 Å². The largest absolute Gasteiger partial charge is 0.355 e. The van der Waals surface area contributed by atoms with E-state index in [4.69, 9.17) is 0 Å². The second kappa shape index (κ2) is 6.97. The Hall–Kier alpha value is -0.610. The van der Waals surface area contributed by atoms with E-state index in [1.54, 1.807) is 0 Å². The van der Waals surface area contributed by atoms with Gasteiger partial charge < -0.3 is 15.5 Å². The Morgan fingerprint density at radius 1 is 1.53 bits per heavy atom. The van der Waals surface area contributed by atoms with Crippen molar-refractivity contribution in [3.8, 4) is 0 Å². The number of hydrogen-bond acceptors (Lipinski definition) is 3. The van der Waals surface area contributed by atoms with Gasteiger partial charge in [0.25, 0.3) is 0 Å². The minimum Gasteiger partial charge on any atom is -0.355 e. The Morgan fingerprint density at radius 2 is 2.24 bits per heavy atom. The lowest BCUT2D eigenvalue weighted by Crippen LogP contribution is -2.44. The van der Waals surface area contributed by atoms with E-state index in [0.717, 1.165) is 32.5 Å². The van der Waals surface area contributed by atoms with Crippen molar-refractivity contribution in [2.45, 2.75) is 45.7 Å². The minimum absolute atomic E-state index is 0.0258. The van der Waals surface area contributed by atoms with Gasteiger partial charge in [-0.05, 0) is 52.7 Å². The van der Waals surface area contributed by atoms with Gasteiger partial charge >= 0.3 is 0 Å². The Kier molecular flexibility index (Phi) is 5.92. The third kappa shape index (κ3) is 4.64. The van der Waals surface area contributed by atoms with Crippen LogP contribution in [0.4, 0.5) is 0 Å². The zero-order valence-corrected chi connectivity index (χ0v) is 11.6. The molecule has 4 heteroatoms. The highest BCUT2D eigenvalue weighted by molar-refractivity contribution is 5.82. The highest BCUT2D eigenvalue weighted by atomic mass is 16.2. The van der Waals surface area contributed by atoms with Crippen LogP contribution in [-0.4, -0.2) is 49.6 Å². The molecule has 0 aliphatic carbocycles. The molecular formula is C13H27N3O. The van der Waals surface area contributed by atoms with E-state index in [9.17, 15) is 4.79 Å². The van der Waals surface area contributed by atoms with Crippen molar-refractivity contribution < 1.29 is 4.79 Å². The molecule has 4 nitrogen and oxygen atoms in total. The molecule has 100 valence electrons. The summed E-state index contributed by atoms with van der Waals surface area (Å²) in [5.74, 6) is 0.635. The summed E-state index contributed by atoms with van der Waals surface area (Å²) in [6.07, 6.45) is 2.12. The molecule has 1 fully saturated rings. The standard InChI is InChI=1S/C13H27N3O/c1-10(2)16(4)9-5-7-15-13(17)12-11(3)6-8-14-12/h10-12,14H,5-9H2,1-4H3,(H,15,17). The van der Waals surface area contributed by atoms with Crippen LogP contribution in [0.1, 0.15) is 33.6 Å². The van der Waals surface area contributed by atoms with Crippen molar-refractivity contribution in [1.29, 1.82) is 0 Å². The molecule has 1 aliphatic heterocycles. The summed E-state index contributed by atoms with van der Waals surface area (Å²) in [5, 5.41) is 6.27. The molecule has 1 saturated heterocycles. The van der Waals surface area contributed by atoms with Gasteiger partial charge in [-0.15, -0.1) is 0 Å². The van der Waals surface area contributed by atoms with Crippen molar-refractivity contribution in [1.82, 2.24) is 15.5 Å². The van der Waals surface area contributed by atoms with E-state index in [1.165, 1.54) is 0 Å². The maximum Gasteiger partial charge on any atom is 0.237 e. The molecule has 0 saturated carbocycles. The zero-order valence-electron chi connectivity index (χ0n) is 11.6. The van der Waals surface area contributed by atoms with Crippen LogP contribution in [0.2, 0.25) is 0 Å². The fourth-order valence-corrected chi connectivity index (χ4v) is 2.09. The third-order valence-electron chi connectivity index (χ3n) is 3.68. The predicted molar refractivity (Wildman–Crippen MR) is 71.0 cm³/mol. The number of carbonyl (C=O) groups excluding carboxylic acids is 1. The predicted octanol–water partition coefficient (Wildman–Crippen LogP) is 0.831. The third-order valence-corrected chi connectivity index (χ3v) is 3.68. The molecule has 0 spiro atoms. The van der Waals surface area contributed by atoms with Crippen molar-refractivity contribution in [2.24, 2.45) is 5.92 Å². The molecule has 1 heterocycles. The van der Waals surface area contributed by atoms with Gasteiger partial charge in [0.2, 0.25) is 5.91 Å². The number of carbonyl (C=O) groups is 1. The first-order valence-electron chi connectivity index (χ1n) is 6.73. The molecular weight excluding hydrogens is 214 g/mol. The van der Waals surface area contributed by atoms with Gasteiger partial charge in [-0.25, -0.2) is 0 Å². The number of hydrogen-bond donors (Lipinski definition) is 2. The lowest BCUT2D eigenvalue weighted by atomic mass is 10.0. The van der Waals surface area contributed by atoms with Crippen molar-refractivity contribution in [2.75, 3.05) is 26.7 Å². The van der Waals surface area contributed by atoms with E-state index < -0.39 is 0 Å². The summed E-state index contributed by atoms with van der Waals surface area (Å²) in [6, 6.07) is 0.597. The quantitative estimate of drug-likeness (QED) is 0.677. The summed E-state index contributed by atoms with van der Waals surface area (Å²) < 4.78 is 0. The minimum atomic E-state index is 0.0258. The summed E-state index contributed by atoms with van der Waals surface area (Å²) >= 11 is 0. The first-order valence-corrected chi connectivity index (χ1v) is 6.73. The molecule has 17 heavy (non-hydrogen) atoms. The molecule has 0 aromatic rings. The lowest BCUT2D eigenvalue weighted by molar-refractivity contribution is -0.123. The molecule has 0 bridgehead atoms. The van der Waals surface area contributed by atoms with Gasteiger partial charge in [0.05, 0.1) is 6.04 Å². The smallest absolute Gasteiger partial charge is 0.237 e. The number of rotatable bonds is 6. The van der Waals surface area contributed by atoms with Gasteiger partial charge in [0.15, 0.2) is 0 Å². The zero-order chi connectivity index (χ0) is 12.8. The van der Waals surface area contributed by atoms with E-state index in [0.29, 0.717) is 12.0 Å². The van der Waals surface area contributed by atoms with E-state index >= 15 is 0 Å². The van der Waals surface area contributed by atoms with Crippen LogP contribution < -0.4 is 10.6 Å². The molecule has 0 aromatic carbocycles. The van der Waals surface area contributed by atoms with Crippen LogP contribution in [0.3, 0.4) is 0 Å². The van der Waals surface area contributed by atoms with Gasteiger partial charge in [-0.2, -0.15) is 0 Å². The summed E-state index contributed by atoms with van der Waals surface area (Å²) in [6.45, 7) is 9.28. The highest BCUT2D eigenvalue weighted by Crippen LogP contribution is 2.13. The van der Waals surface area contributed by atoms with Crippen LogP contribution in [0.5, 0.6) is 0 Å². The topological polar surface area (TPSA) is 44.4 Å². The van der Waals surface area contributed by atoms with E-state index in [2.05, 4.69) is 43.4 Å². The normalized spacial score (nSPS) is 24.6. The fourth-order valence-electron chi connectivity index (χ4n) is 2.09. The molecule has 1 amide bonds. The Labute approximate surface area is 105 Å². The highest BCUT2D eigenvalue weighted by Gasteiger charge is 2.28. The second-order valence-corrected chi connectivity index (χ2v) is 5.42. The van der Waals surface area contributed by atoms with E-state index in [1.807, 2.05) is 0 Å². The van der Waals surface area contributed by atoms with Crippen LogP contribution in [-0.2, 0) is 4.79 Å². The molecule has 1 rings (SSSR count). The van der Waals surface area contributed by atoms with Crippen LogP contribution in [0.25, 0.3) is 0 Å². The molecule has 0 aromatic heterocycles. The van der Waals surface area contributed by atoms with Crippen molar-refractivity contribution in [3.63, 3.8) is 0 Å². The second-order valence-electron chi connectivity index (χ2n) is 5.42. The maximum absolute atomic E-state index is 11.8. The Morgan fingerprint density at radius 3 is 2.76 bits per heavy atom. The average Bonchev–Trinajstić information content (AvgIpc) is 2.70. The number of nitrogens with one attached hydrogen (secondary N) is 2. The number of nitrogens with zero attached hydrogens (tertiary/aromatic N) is 1. The van der Waals surface area contributed by atoms with Crippen molar-refractivity contribution >= 4 is 5.91 Å². The fraction of sp³-hybridized carbons (Fsp3) is 0.923. The summed E-state index contributed by atoms with van der Waals surface area (Å²) in [4.78, 5) is 14.1. The Balaban J connectivity index is 2.12. The van der Waals surface area contributed by atoms with Crippen molar-refractivity contribution in [3.05, 3.63) is 0 Å². The average molecular weight is 241 g/mol. The van der Waals surface area contributed by atoms with Gasteiger partial charge in [-0.3, -0.25) is 4.79 Å². The number of amides is 1. The molecule has 1 aliphatic rings. The van der Waals surface area contributed by atoms with Crippen LogP contribution in [0.15, 0.2) is 0 Å². The molecule has 2 unspecified atom stereocenters. The lowest BCUT2D eigenvalue weighted by Gasteiger charge is -2.21. The maximum atomic E-state index is 11.8. The summed E-state index contributed by atoms with van der Waals surface area (Å²) in [5.41, 5.74) is 0. The molecule has 0 radical (unpaired) electrons. The van der Waals surface area contributed by atoms with Gasteiger partial charge in [-0.1, -0.05) is 6.92 Å². The first kappa shape index (κ1) is 14.5. The SMILES string of the molecule is CC1CCNC1C(=O)NCCCN(C)C(C)C. The monoisotopic (exact) mass is 241 g/mol.